The third-order valence-corrected chi connectivity index (χ3v) is 3.17. The van der Waals surface area contributed by atoms with Crippen LogP contribution in [0.5, 0.6) is 0 Å². The van der Waals surface area contributed by atoms with Crippen LogP contribution >= 0.6 is 11.6 Å². The highest BCUT2D eigenvalue weighted by Gasteiger charge is 2.26. The Hall–Kier alpha value is -0.640. The molecule has 0 aromatic heterocycles. The molecule has 1 aromatic carbocycles. The van der Waals surface area contributed by atoms with Gasteiger partial charge in [-0.15, -0.1) is 0 Å². The smallest absolute Gasteiger partial charge is 0.142 e. The highest BCUT2D eigenvalue weighted by atomic mass is 35.5. The van der Waals surface area contributed by atoms with Crippen LogP contribution in [0, 0.1) is 5.82 Å². The van der Waals surface area contributed by atoms with Crippen molar-refractivity contribution in [3.63, 3.8) is 0 Å². The molecular formula is C12H17ClFNO. The van der Waals surface area contributed by atoms with Crippen LogP contribution in [-0.2, 0) is 11.2 Å². The van der Waals surface area contributed by atoms with Crippen molar-refractivity contribution in [3.8, 4) is 0 Å². The molecule has 90 valence electrons. The second-order valence-corrected chi connectivity index (χ2v) is 4.77. The maximum absolute atomic E-state index is 13.2. The summed E-state index contributed by atoms with van der Waals surface area (Å²) in [5.74, 6) is -0.415. The Labute approximate surface area is 101 Å². The van der Waals surface area contributed by atoms with Gasteiger partial charge in [0.15, 0.2) is 0 Å². The molecule has 16 heavy (non-hydrogen) atoms. The topological polar surface area (TPSA) is 35.2 Å². The second-order valence-electron chi connectivity index (χ2n) is 4.37. The molecule has 2 N–H and O–H groups in total. The molecule has 0 aliphatic heterocycles. The zero-order valence-corrected chi connectivity index (χ0v) is 10.5. The zero-order chi connectivity index (χ0) is 12.3. The Morgan fingerprint density at radius 1 is 1.50 bits per heavy atom. The van der Waals surface area contributed by atoms with Gasteiger partial charge >= 0.3 is 0 Å². The average molecular weight is 246 g/mol. The number of nitrogens with two attached hydrogens (primary N) is 1. The number of halogens is 2. The van der Waals surface area contributed by atoms with Crippen molar-refractivity contribution in [1.82, 2.24) is 0 Å². The SMILES string of the molecule is COC(C)(C)C(N)Cc1ccc(Cl)c(F)c1. The first-order valence-electron chi connectivity index (χ1n) is 5.11. The predicted molar refractivity (Wildman–Crippen MR) is 64.2 cm³/mol. The summed E-state index contributed by atoms with van der Waals surface area (Å²) in [7, 11) is 1.61. The van der Waals surface area contributed by atoms with Crippen molar-refractivity contribution in [2.75, 3.05) is 7.11 Å². The normalized spacial score (nSPS) is 13.9. The summed E-state index contributed by atoms with van der Waals surface area (Å²) >= 11 is 5.60. The van der Waals surface area contributed by atoms with E-state index in [1.54, 1.807) is 19.2 Å². The van der Waals surface area contributed by atoms with Gasteiger partial charge in [-0.05, 0) is 38.0 Å². The highest BCUT2D eigenvalue weighted by molar-refractivity contribution is 6.30. The Bertz CT molecular complexity index is 368. The number of benzene rings is 1. The van der Waals surface area contributed by atoms with Crippen molar-refractivity contribution in [2.45, 2.75) is 31.9 Å². The molecule has 0 bridgehead atoms. The Balaban J connectivity index is 2.77. The van der Waals surface area contributed by atoms with E-state index in [-0.39, 0.29) is 11.1 Å². The van der Waals surface area contributed by atoms with E-state index in [0.29, 0.717) is 6.42 Å². The number of ether oxygens (including phenoxy) is 1. The third kappa shape index (κ3) is 3.17. The lowest BCUT2D eigenvalue weighted by atomic mass is 9.93. The minimum atomic E-state index is -0.434. The standard InChI is InChI=1S/C12H17ClFNO/c1-12(2,16-3)11(15)7-8-4-5-9(13)10(14)6-8/h4-6,11H,7,15H2,1-3H3. The van der Waals surface area contributed by atoms with Crippen LogP contribution in [-0.4, -0.2) is 18.8 Å². The van der Waals surface area contributed by atoms with Gasteiger partial charge in [-0.3, -0.25) is 0 Å². The second kappa shape index (κ2) is 5.13. The monoisotopic (exact) mass is 245 g/mol. The van der Waals surface area contributed by atoms with Crippen LogP contribution in [0.25, 0.3) is 0 Å². The summed E-state index contributed by atoms with van der Waals surface area (Å²) < 4.78 is 18.5. The molecule has 2 nitrogen and oxygen atoms in total. The molecule has 0 fully saturated rings. The molecule has 4 heteroatoms. The van der Waals surface area contributed by atoms with Crippen molar-refractivity contribution in [3.05, 3.63) is 34.6 Å². The molecule has 1 aromatic rings. The van der Waals surface area contributed by atoms with E-state index >= 15 is 0 Å². The largest absolute Gasteiger partial charge is 0.377 e. The van der Waals surface area contributed by atoms with Crippen LogP contribution in [0.1, 0.15) is 19.4 Å². The third-order valence-electron chi connectivity index (χ3n) is 2.86. The molecule has 0 saturated carbocycles. The first-order valence-corrected chi connectivity index (χ1v) is 5.49. The van der Waals surface area contributed by atoms with Crippen molar-refractivity contribution in [2.24, 2.45) is 5.73 Å². The van der Waals surface area contributed by atoms with E-state index in [4.69, 9.17) is 22.1 Å². The molecule has 0 aliphatic rings. The summed E-state index contributed by atoms with van der Waals surface area (Å²) in [5, 5.41) is 0.128. The highest BCUT2D eigenvalue weighted by Crippen LogP contribution is 2.20. The number of rotatable bonds is 4. The van der Waals surface area contributed by atoms with Gasteiger partial charge in [-0.25, -0.2) is 4.39 Å². The minimum Gasteiger partial charge on any atom is -0.377 e. The van der Waals surface area contributed by atoms with E-state index in [0.717, 1.165) is 5.56 Å². The van der Waals surface area contributed by atoms with E-state index in [9.17, 15) is 4.39 Å². The predicted octanol–water partition coefficient (Wildman–Crippen LogP) is 2.77. The fraction of sp³-hybridized carbons (Fsp3) is 0.500. The first kappa shape index (κ1) is 13.4. The summed E-state index contributed by atoms with van der Waals surface area (Å²) in [4.78, 5) is 0. The lowest BCUT2D eigenvalue weighted by Crippen LogP contribution is -2.46. The van der Waals surface area contributed by atoms with Gasteiger partial charge in [0.05, 0.1) is 10.6 Å². The molecule has 1 rings (SSSR count). The maximum atomic E-state index is 13.2. The number of hydrogen-bond donors (Lipinski definition) is 1. The summed E-state index contributed by atoms with van der Waals surface area (Å²) in [6, 6.07) is 4.53. The van der Waals surface area contributed by atoms with Crippen molar-refractivity contribution < 1.29 is 9.13 Å². The van der Waals surface area contributed by atoms with E-state index in [2.05, 4.69) is 0 Å². The molecule has 0 saturated heterocycles. The summed E-state index contributed by atoms with van der Waals surface area (Å²) in [6.45, 7) is 3.81. The van der Waals surface area contributed by atoms with E-state index in [1.165, 1.54) is 6.07 Å². The molecule has 0 aliphatic carbocycles. The zero-order valence-electron chi connectivity index (χ0n) is 9.76. The quantitative estimate of drug-likeness (QED) is 0.885. The van der Waals surface area contributed by atoms with Gasteiger partial charge in [0.2, 0.25) is 0 Å². The molecule has 0 amide bonds. The lowest BCUT2D eigenvalue weighted by Gasteiger charge is -2.30. The van der Waals surface area contributed by atoms with Gasteiger partial charge < -0.3 is 10.5 Å². The van der Waals surface area contributed by atoms with Gasteiger partial charge in [-0.1, -0.05) is 17.7 Å². The van der Waals surface area contributed by atoms with Crippen LogP contribution in [0.15, 0.2) is 18.2 Å². The minimum absolute atomic E-state index is 0.128. The maximum Gasteiger partial charge on any atom is 0.142 e. The fourth-order valence-corrected chi connectivity index (χ4v) is 1.44. The molecule has 0 spiro atoms. The van der Waals surface area contributed by atoms with Crippen LogP contribution in [0.4, 0.5) is 4.39 Å². The van der Waals surface area contributed by atoms with Gasteiger partial charge in [0, 0.05) is 13.2 Å². The van der Waals surface area contributed by atoms with Gasteiger partial charge in [0.25, 0.3) is 0 Å². The van der Waals surface area contributed by atoms with Crippen LogP contribution < -0.4 is 5.73 Å². The molecular weight excluding hydrogens is 229 g/mol. The Kier molecular flexibility index (Phi) is 4.30. The summed E-state index contributed by atoms with van der Waals surface area (Å²) in [5.41, 5.74) is 6.39. The number of hydrogen-bond acceptors (Lipinski definition) is 2. The average Bonchev–Trinajstić information content (AvgIpc) is 2.23. The van der Waals surface area contributed by atoms with Crippen LogP contribution in [0.2, 0.25) is 5.02 Å². The fourth-order valence-electron chi connectivity index (χ4n) is 1.32. The summed E-state index contributed by atoms with van der Waals surface area (Å²) in [6.07, 6.45) is 0.551. The molecule has 0 radical (unpaired) electrons. The Morgan fingerprint density at radius 3 is 2.62 bits per heavy atom. The molecule has 1 unspecified atom stereocenters. The lowest BCUT2D eigenvalue weighted by molar-refractivity contribution is 0.000790. The number of methoxy groups -OCH3 is 1. The molecule has 1 atom stereocenters. The van der Waals surface area contributed by atoms with E-state index < -0.39 is 11.4 Å². The van der Waals surface area contributed by atoms with Gasteiger partial charge in [-0.2, -0.15) is 0 Å². The van der Waals surface area contributed by atoms with Crippen LogP contribution in [0.3, 0.4) is 0 Å². The molecule has 0 heterocycles. The van der Waals surface area contributed by atoms with Gasteiger partial charge in [0.1, 0.15) is 5.82 Å². The van der Waals surface area contributed by atoms with Crippen molar-refractivity contribution >= 4 is 11.6 Å². The van der Waals surface area contributed by atoms with Crippen molar-refractivity contribution in [1.29, 1.82) is 0 Å². The first-order chi connectivity index (χ1) is 7.36. The van der Waals surface area contributed by atoms with E-state index in [1.807, 2.05) is 13.8 Å². The Morgan fingerprint density at radius 2 is 2.12 bits per heavy atom.